The van der Waals surface area contributed by atoms with E-state index < -0.39 is 0 Å². The molecule has 0 aliphatic heterocycles. The zero-order valence-corrected chi connectivity index (χ0v) is 10.2. The standard InChI is InChI=1S/C14H15FN2O/c1-10-2-5-13(6-14(10)15)18-9-12-4-3-11(7-16)8-17-12/h2-6,8H,7,9,16H2,1H3. The van der Waals surface area contributed by atoms with Crippen molar-refractivity contribution in [3.63, 3.8) is 0 Å². The molecule has 4 heteroatoms. The van der Waals surface area contributed by atoms with Crippen molar-refractivity contribution < 1.29 is 9.13 Å². The van der Waals surface area contributed by atoms with Gasteiger partial charge in [-0.25, -0.2) is 4.39 Å². The Bertz CT molecular complexity index is 526. The molecule has 1 aromatic carbocycles. The molecule has 2 aromatic rings. The first kappa shape index (κ1) is 12.5. The topological polar surface area (TPSA) is 48.1 Å². The summed E-state index contributed by atoms with van der Waals surface area (Å²) in [5.41, 5.74) is 7.84. The molecule has 0 amide bonds. The third kappa shape index (κ3) is 3.05. The predicted octanol–water partition coefficient (Wildman–Crippen LogP) is 2.57. The summed E-state index contributed by atoms with van der Waals surface area (Å²) in [5, 5.41) is 0. The van der Waals surface area contributed by atoms with Crippen LogP contribution in [0.25, 0.3) is 0 Å². The normalized spacial score (nSPS) is 10.4. The van der Waals surface area contributed by atoms with Crippen molar-refractivity contribution in [2.45, 2.75) is 20.1 Å². The lowest BCUT2D eigenvalue weighted by molar-refractivity contribution is 0.299. The molecule has 3 nitrogen and oxygen atoms in total. The van der Waals surface area contributed by atoms with Crippen LogP contribution in [0.5, 0.6) is 5.75 Å². The Morgan fingerprint density at radius 3 is 2.72 bits per heavy atom. The second-order valence-electron chi connectivity index (χ2n) is 4.06. The Balaban J connectivity index is 1.99. The Labute approximate surface area is 105 Å². The lowest BCUT2D eigenvalue weighted by atomic mass is 10.2. The fraction of sp³-hybridized carbons (Fsp3) is 0.214. The molecular weight excluding hydrogens is 231 g/mol. The van der Waals surface area contributed by atoms with Crippen LogP contribution in [-0.4, -0.2) is 4.98 Å². The number of rotatable bonds is 4. The second-order valence-corrected chi connectivity index (χ2v) is 4.06. The van der Waals surface area contributed by atoms with E-state index in [9.17, 15) is 4.39 Å². The first-order valence-electron chi connectivity index (χ1n) is 5.72. The molecule has 18 heavy (non-hydrogen) atoms. The van der Waals surface area contributed by atoms with Gasteiger partial charge in [0.25, 0.3) is 0 Å². The highest BCUT2D eigenvalue weighted by atomic mass is 19.1. The molecule has 0 saturated heterocycles. The molecule has 0 aliphatic carbocycles. The van der Waals surface area contributed by atoms with Crippen LogP contribution in [0, 0.1) is 12.7 Å². The SMILES string of the molecule is Cc1ccc(OCc2ccc(CN)cn2)cc1F. The van der Waals surface area contributed by atoms with Crippen molar-refractivity contribution in [2.24, 2.45) is 5.73 Å². The minimum atomic E-state index is -0.265. The molecule has 1 aromatic heterocycles. The van der Waals surface area contributed by atoms with Gasteiger partial charge >= 0.3 is 0 Å². The quantitative estimate of drug-likeness (QED) is 0.902. The number of nitrogens with zero attached hydrogens (tertiary/aromatic N) is 1. The molecular formula is C14H15FN2O. The lowest BCUT2D eigenvalue weighted by Gasteiger charge is -2.07. The van der Waals surface area contributed by atoms with Crippen molar-refractivity contribution in [3.8, 4) is 5.75 Å². The minimum Gasteiger partial charge on any atom is -0.487 e. The van der Waals surface area contributed by atoms with E-state index >= 15 is 0 Å². The van der Waals surface area contributed by atoms with E-state index in [0.717, 1.165) is 11.3 Å². The van der Waals surface area contributed by atoms with Crippen LogP contribution in [0.1, 0.15) is 16.8 Å². The third-order valence-electron chi connectivity index (χ3n) is 2.65. The van der Waals surface area contributed by atoms with E-state index in [1.54, 1.807) is 25.3 Å². The number of hydrogen-bond donors (Lipinski definition) is 1. The molecule has 94 valence electrons. The fourth-order valence-corrected chi connectivity index (χ4v) is 1.48. The van der Waals surface area contributed by atoms with Gasteiger partial charge in [0.05, 0.1) is 5.69 Å². The summed E-state index contributed by atoms with van der Waals surface area (Å²) in [6, 6.07) is 8.57. The molecule has 0 bridgehead atoms. The van der Waals surface area contributed by atoms with E-state index in [4.69, 9.17) is 10.5 Å². The Hall–Kier alpha value is -1.94. The van der Waals surface area contributed by atoms with Crippen LogP contribution in [0.4, 0.5) is 4.39 Å². The lowest BCUT2D eigenvalue weighted by Crippen LogP contribution is -2.01. The molecule has 0 radical (unpaired) electrons. The van der Waals surface area contributed by atoms with E-state index in [0.29, 0.717) is 24.5 Å². The average Bonchev–Trinajstić information content (AvgIpc) is 2.41. The van der Waals surface area contributed by atoms with Gasteiger partial charge in [-0.1, -0.05) is 12.1 Å². The van der Waals surface area contributed by atoms with E-state index in [-0.39, 0.29) is 5.82 Å². The molecule has 0 unspecified atom stereocenters. The maximum Gasteiger partial charge on any atom is 0.130 e. The van der Waals surface area contributed by atoms with Crippen LogP contribution in [-0.2, 0) is 13.2 Å². The largest absolute Gasteiger partial charge is 0.487 e. The van der Waals surface area contributed by atoms with Gasteiger partial charge in [-0.05, 0) is 30.2 Å². The summed E-state index contributed by atoms with van der Waals surface area (Å²) in [7, 11) is 0. The Morgan fingerprint density at radius 1 is 1.28 bits per heavy atom. The number of hydrogen-bond acceptors (Lipinski definition) is 3. The van der Waals surface area contributed by atoms with Gasteiger partial charge < -0.3 is 10.5 Å². The summed E-state index contributed by atoms with van der Waals surface area (Å²) >= 11 is 0. The highest BCUT2D eigenvalue weighted by Crippen LogP contribution is 2.16. The zero-order chi connectivity index (χ0) is 13.0. The number of halogens is 1. The van der Waals surface area contributed by atoms with E-state index in [1.807, 2.05) is 12.1 Å². The molecule has 1 heterocycles. The first-order chi connectivity index (χ1) is 8.69. The fourth-order valence-electron chi connectivity index (χ4n) is 1.48. The molecule has 0 atom stereocenters. The van der Waals surface area contributed by atoms with Gasteiger partial charge in [-0.2, -0.15) is 0 Å². The highest BCUT2D eigenvalue weighted by Gasteiger charge is 2.01. The minimum absolute atomic E-state index is 0.265. The van der Waals surface area contributed by atoms with Gasteiger partial charge in [-0.15, -0.1) is 0 Å². The predicted molar refractivity (Wildman–Crippen MR) is 67.6 cm³/mol. The van der Waals surface area contributed by atoms with Gasteiger partial charge in [-0.3, -0.25) is 4.98 Å². The van der Waals surface area contributed by atoms with Crippen molar-refractivity contribution in [2.75, 3.05) is 0 Å². The average molecular weight is 246 g/mol. The Kier molecular flexibility index (Phi) is 3.89. The summed E-state index contributed by atoms with van der Waals surface area (Å²) in [4.78, 5) is 4.21. The van der Waals surface area contributed by atoms with Gasteiger partial charge in [0.2, 0.25) is 0 Å². The Morgan fingerprint density at radius 2 is 2.11 bits per heavy atom. The van der Waals surface area contributed by atoms with Crippen LogP contribution in [0.3, 0.4) is 0 Å². The summed E-state index contributed by atoms with van der Waals surface area (Å²) in [6.45, 7) is 2.50. The third-order valence-corrected chi connectivity index (χ3v) is 2.65. The van der Waals surface area contributed by atoms with Gasteiger partial charge in [0.1, 0.15) is 18.2 Å². The summed E-state index contributed by atoms with van der Waals surface area (Å²) in [6.07, 6.45) is 1.72. The van der Waals surface area contributed by atoms with E-state index in [1.165, 1.54) is 6.07 Å². The highest BCUT2D eigenvalue weighted by molar-refractivity contribution is 5.28. The number of benzene rings is 1. The molecule has 0 saturated carbocycles. The maximum absolute atomic E-state index is 13.3. The van der Waals surface area contributed by atoms with Crippen LogP contribution >= 0.6 is 0 Å². The molecule has 0 fully saturated rings. The number of aromatic nitrogens is 1. The number of aryl methyl sites for hydroxylation is 1. The molecule has 2 N–H and O–H groups in total. The van der Waals surface area contributed by atoms with Crippen molar-refractivity contribution in [1.82, 2.24) is 4.98 Å². The number of ether oxygens (including phenoxy) is 1. The van der Waals surface area contributed by atoms with Crippen LogP contribution in [0.2, 0.25) is 0 Å². The summed E-state index contributed by atoms with van der Waals surface area (Å²) in [5.74, 6) is 0.238. The summed E-state index contributed by atoms with van der Waals surface area (Å²) < 4.78 is 18.8. The second kappa shape index (κ2) is 5.60. The van der Waals surface area contributed by atoms with Crippen LogP contribution in [0.15, 0.2) is 36.5 Å². The van der Waals surface area contributed by atoms with Crippen molar-refractivity contribution in [1.29, 1.82) is 0 Å². The number of pyridine rings is 1. The zero-order valence-electron chi connectivity index (χ0n) is 10.2. The molecule has 0 aliphatic rings. The first-order valence-corrected chi connectivity index (χ1v) is 5.72. The van der Waals surface area contributed by atoms with Crippen molar-refractivity contribution in [3.05, 3.63) is 59.2 Å². The van der Waals surface area contributed by atoms with E-state index in [2.05, 4.69) is 4.98 Å². The monoisotopic (exact) mass is 246 g/mol. The van der Waals surface area contributed by atoms with Crippen molar-refractivity contribution >= 4 is 0 Å². The molecule has 2 rings (SSSR count). The maximum atomic E-state index is 13.3. The molecule has 0 spiro atoms. The van der Waals surface area contributed by atoms with Gasteiger partial charge in [0, 0.05) is 18.8 Å². The van der Waals surface area contributed by atoms with Crippen LogP contribution < -0.4 is 10.5 Å². The number of nitrogens with two attached hydrogens (primary N) is 1. The van der Waals surface area contributed by atoms with Gasteiger partial charge in [0.15, 0.2) is 0 Å². The smallest absolute Gasteiger partial charge is 0.130 e.